The Hall–Kier alpha value is 0.0732. The van der Waals surface area contributed by atoms with Gasteiger partial charge in [0, 0.05) is 17.1 Å². The predicted octanol–water partition coefficient (Wildman–Crippen LogP) is 4.54. The molecule has 0 N–H and O–H groups in total. The summed E-state index contributed by atoms with van der Waals surface area (Å²) in [6, 6.07) is 0. The minimum absolute atomic E-state index is 0. The van der Waals surface area contributed by atoms with Crippen LogP contribution in [0.1, 0.15) is 0 Å². The van der Waals surface area contributed by atoms with Gasteiger partial charge in [-0.2, -0.15) is 0 Å². The van der Waals surface area contributed by atoms with Gasteiger partial charge in [0.05, 0.1) is 11.8 Å². The molecule has 0 aliphatic heterocycles. The van der Waals surface area contributed by atoms with Crippen LogP contribution in [0.5, 0.6) is 0 Å². The summed E-state index contributed by atoms with van der Waals surface area (Å²) in [6.07, 6.45) is 16.3. The zero-order valence-electron chi connectivity index (χ0n) is 15.0. The van der Waals surface area contributed by atoms with Crippen molar-refractivity contribution in [2.45, 2.75) is 39.3 Å². The van der Waals surface area contributed by atoms with Crippen molar-refractivity contribution in [2.24, 2.45) is 0 Å². The fourth-order valence-electron chi connectivity index (χ4n) is 1.43. The molecule has 0 nitrogen and oxygen atoms in total. The third-order valence-electron chi connectivity index (χ3n) is 2.49. The molecule has 2 saturated carbocycles. The first-order valence-corrected chi connectivity index (χ1v) is 14.7. The molecule has 0 bridgehead atoms. The molecule has 0 aromatic rings. The largest absolute Gasteiger partial charge is 0.131 e. The van der Waals surface area contributed by atoms with E-state index in [1.807, 2.05) is 51.4 Å². The second-order valence-electron chi connectivity index (χ2n) is 7.35. The fraction of sp³-hybridized carbons (Fsp3) is 0.300. The maximum absolute atomic E-state index is 3.31. The van der Waals surface area contributed by atoms with E-state index >= 15 is 0 Å². The third kappa shape index (κ3) is 13.1. The van der Waals surface area contributed by atoms with Crippen molar-refractivity contribution in [3.05, 3.63) is 63.2 Å². The van der Waals surface area contributed by atoms with Crippen LogP contribution in [-0.4, -0.2) is 16.1 Å². The second kappa shape index (κ2) is 10.8. The Bertz CT molecular complexity index is 392. The average Bonchev–Trinajstić information content (AvgIpc) is 3.07. The van der Waals surface area contributed by atoms with Gasteiger partial charge in [-0.25, -0.2) is 0 Å². The molecule has 10 radical (unpaired) electrons. The Kier molecular flexibility index (Phi) is 10.9. The number of rotatable bonds is 0. The summed E-state index contributed by atoms with van der Waals surface area (Å²) in [4.78, 5) is 0. The van der Waals surface area contributed by atoms with E-state index in [-0.39, 0.29) is 17.1 Å². The normalized spacial score (nSPS) is 18.7. The molecular formula is C20H26FeSi2. The summed E-state index contributed by atoms with van der Waals surface area (Å²) in [5.41, 5.74) is 6.63. The van der Waals surface area contributed by atoms with Crippen LogP contribution >= 0.6 is 0 Å². The molecule has 2 fully saturated rings. The predicted molar refractivity (Wildman–Crippen MR) is 103 cm³/mol. The summed E-state index contributed by atoms with van der Waals surface area (Å²) in [7, 11) is -2.35. The van der Waals surface area contributed by atoms with Crippen molar-refractivity contribution in [3.8, 4) is 22.9 Å². The minimum atomic E-state index is -1.17. The smallest absolute Gasteiger partial charge is 0.129 e. The molecule has 0 amide bonds. The number of hydrogen-bond donors (Lipinski definition) is 0. The van der Waals surface area contributed by atoms with E-state index in [9.17, 15) is 0 Å². The van der Waals surface area contributed by atoms with Gasteiger partial charge in [-0.15, -0.1) is 22.9 Å². The maximum atomic E-state index is 3.31. The van der Waals surface area contributed by atoms with E-state index in [2.05, 4.69) is 62.2 Å². The van der Waals surface area contributed by atoms with Gasteiger partial charge < -0.3 is 0 Å². The summed E-state index contributed by atoms with van der Waals surface area (Å²) in [5.74, 6) is 8.64. The Morgan fingerprint density at radius 2 is 0.826 bits per heavy atom. The molecule has 0 saturated heterocycles. The second-order valence-corrected chi connectivity index (χ2v) is 16.8. The quantitative estimate of drug-likeness (QED) is 0.429. The van der Waals surface area contributed by atoms with Crippen LogP contribution in [0.2, 0.25) is 39.3 Å². The Balaban J connectivity index is 0.000000403. The molecule has 23 heavy (non-hydrogen) atoms. The van der Waals surface area contributed by atoms with Gasteiger partial charge in [0.2, 0.25) is 0 Å². The van der Waals surface area contributed by atoms with Gasteiger partial charge in [-0.1, -0.05) is 39.3 Å². The van der Waals surface area contributed by atoms with Crippen LogP contribution in [0.15, 0.2) is 0 Å². The molecule has 0 aromatic carbocycles. The zero-order valence-corrected chi connectivity index (χ0v) is 18.1. The fourth-order valence-corrected chi connectivity index (χ4v) is 2.47. The van der Waals surface area contributed by atoms with E-state index in [0.29, 0.717) is 0 Å². The maximum Gasteiger partial charge on any atom is 0.129 e. The molecule has 3 heteroatoms. The molecular weight excluding hydrogens is 352 g/mol. The van der Waals surface area contributed by atoms with Crippen molar-refractivity contribution in [1.29, 1.82) is 0 Å². The van der Waals surface area contributed by atoms with E-state index < -0.39 is 16.1 Å². The van der Waals surface area contributed by atoms with E-state index in [1.165, 1.54) is 0 Å². The minimum Gasteiger partial charge on any atom is -0.131 e. The zero-order chi connectivity index (χ0) is 16.6. The van der Waals surface area contributed by atoms with E-state index in [0.717, 1.165) is 11.8 Å². The molecule has 0 spiro atoms. The molecule has 0 unspecified atom stereocenters. The Morgan fingerprint density at radius 1 is 0.565 bits per heavy atom. The summed E-state index contributed by atoms with van der Waals surface area (Å²) < 4.78 is 0. The van der Waals surface area contributed by atoms with Gasteiger partial charge in [-0.05, 0) is 51.4 Å². The van der Waals surface area contributed by atoms with Crippen LogP contribution in [0, 0.1) is 86.1 Å². The van der Waals surface area contributed by atoms with Crippen LogP contribution in [0.4, 0.5) is 0 Å². The van der Waals surface area contributed by atoms with Crippen molar-refractivity contribution < 1.29 is 17.1 Å². The monoisotopic (exact) mass is 378 g/mol. The van der Waals surface area contributed by atoms with E-state index in [4.69, 9.17) is 0 Å². The molecule has 2 aliphatic rings. The van der Waals surface area contributed by atoms with Gasteiger partial charge in [-0.3, -0.25) is 0 Å². The first kappa shape index (κ1) is 23.1. The van der Waals surface area contributed by atoms with Crippen molar-refractivity contribution in [3.63, 3.8) is 0 Å². The van der Waals surface area contributed by atoms with Gasteiger partial charge in [0.1, 0.15) is 16.1 Å². The molecule has 122 valence electrons. The van der Waals surface area contributed by atoms with Crippen LogP contribution in [0.3, 0.4) is 0 Å². The third-order valence-corrected chi connectivity index (χ3v) is 4.24. The van der Waals surface area contributed by atoms with Crippen molar-refractivity contribution in [1.82, 2.24) is 0 Å². The average molecular weight is 378 g/mol. The van der Waals surface area contributed by atoms with E-state index in [1.54, 1.807) is 0 Å². The Morgan fingerprint density at radius 3 is 1.04 bits per heavy atom. The number of hydrogen-bond acceptors (Lipinski definition) is 0. The summed E-state index contributed by atoms with van der Waals surface area (Å²) >= 11 is 0. The standard InChI is InChI=1S/2C10H13Si.Fe/c2*1-11(2,3)9-8-10-6-4-5-7-10;/h2*4-7H,1-3H3;. The molecule has 0 heterocycles. The molecule has 2 rings (SSSR count). The van der Waals surface area contributed by atoms with Crippen molar-refractivity contribution >= 4 is 16.1 Å². The first-order valence-electron chi connectivity index (χ1n) is 7.65. The van der Waals surface area contributed by atoms with Crippen LogP contribution in [-0.2, 0) is 17.1 Å². The van der Waals surface area contributed by atoms with Crippen LogP contribution < -0.4 is 0 Å². The summed E-state index contributed by atoms with van der Waals surface area (Å²) in [6.45, 7) is 13.5. The topological polar surface area (TPSA) is 0 Å². The SMILES string of the molecule is C[Si](C)(C)C#C[C]1[CH][CH][CH][CH]1.C[Si](C)(C)C#C[C]1[CH][CH][CH][CH]1.[Fe]. The van der Waals surface area contributed by atoms with Gasteiger partial charge >= 0.3 is 0 Å². The summed E-state index contributed by atoms with van der Waals surface area (Å²) in [5, 5.41) is 0. The van der Waals surface area contributed by atoms with Crippen molar-refractivity contribution in [2.75, 3.05) is 0 Å². The van der Waals surface area contributed by atoms with Gasteiger partial charge in [0.25, 0.3) is 0 Å². The van der Waals surface area contributed by atoms with Gasteiger partial charge in [0.15, 0.2) is 0 Å². The Labute approximate surface area is 158 Å². The first-order chi connectivity index (χ1) is 10.2. The van der Waals surface area contributed by atoms with Crippen LogP contribution in [0.25, 0.3) is 0 Å². The molecule has 0 aromatic heterocycles. The molecule has 2 aliphatic carbocycles. The molecule has 0 atom stereocenters.